The summed E-state index contributed by atoms with van der Waals surface area (Å²) < 4.78 is 6.60. The van der Waals surface area contributed by atoms with Gasteiger partial charge in [-0.25, -0.2) is 4.68 Å². The van der Waals surface area contributed by atoms with E-state index in [1.165, 1.54) is 35.7 Å². The third-order valence-corrected chi connectivity index (χ3v) is 6.16. The molecule has 1 aliphatic carbocycles. The molecule has 0 aliphatic heterocycles. The van der Waals surface area contributed by atoms with E-state index in [2.05, 4.69) is 22.4 Å². The monoisotopic (exact) mass is 389 g/mol. The highest BCUT2D eigenvalue weighted by atomic mass is 32.2. The van der Waals surface area contributed by atoms with Crippen molar-refractivity contribution in [3.8, 4) is 17.1 Å². The summed E-state index contributed by atoms with van der Waals surface area (Å²) in [7, 11) is 1.62. The Morgan fingerprint density at radius 1 is 1.30 bits per heavy atom. The number of ether oxygens (including phenoxy) is 1. The smallest absolute Gasteiger partial charge is 0.233 e. The molecule has 0 unspecified atom stereocenters. The Kier molecular flexibility index (Phi) is 6.26. The van der Waals surface area contributed by atoms with E-state index in [1.54, 1.807) is 7.11 Å². The molecule has 3 rings (SSSR count). The first-order valence-corrected chi connectivity index (χ1v) is 10.2. The van der Waals surface area contributed by atoms with Gasteiger partial charge in [0.2, 0.25) is 11.1 Å². The van der Waals surface area contributed by atoms with Crippen molar-refractivity contribution in [1.29, 1.82) is 0 Å². The van der Waals surface area contributed by atoms with Crippen molar-refractivity contribution < 1.29 is 9.53 Å². The van der Waals surface area contributed by atoms with E-state index < -0.39 is 0 Å². The average Bonchev–Trinajstić information content (AvgIpc) is 3.04. The Morgan fingerprint density at radius 3 is 2.67 bits per heavy atom. The van der Waals surface area contributed by atoms with Crippen molar-refractivity contribution in [2.75, 3.05) is 13.0 Å². The largest absolute Gasteiger partial charge is 0.497 e. The Hall–Kier alpha value is -2.22. The van der Waals surface area contributed by atoms with Crippen molar-refractivity contribution >= 4 is 17.7 Å². The van der Waals surface area contributed by atoms with Crippen LogP contribution in [0.5, 0.6) is 5.75 Å². The molecule has 0 saturated heterocycles. The van der Waals surface area contributed by atoms with Gasteiger partial charge in [-0.05, 0) is 49.9 Å². The SMILES string of the molecule is COc1ccc(-c2nnc(S[C@H](C)C(=O)N[C@@H]3CCCC[C@H]3C)n2N)cc1. The lowest BCUT2D eigenvalue weighted by molar-refractivity contribution is -0.121. The van der Waals surface area contributed by atoms with Gasteiger partial charge in [0.15, 0.2) is 5.82 Å². The lowest BCUT2D eigenvalue weighted by Gasteiger charge is -2.30. The van der Waals surface area contributed by atoms with Crippen LogP contribution in [0, 0.1) is 5.92 Å². The Balaban J connectivity index is 1.64. The van der Waals surface area contributed by atoms with Crippen LogP contribution >= 0.6 is 11.8 Å². The maximum atomic E-state index is 12.6. The average molecular weight is 390 g/mol. The van der Waals surface area contributed by atoms with Crippen molar-refractivity contribution in [3.05, 3.63) is 24.3 Å². The molecular weight excluding hydrogens is 362 g/mol. The molecule has 1 fully saturated rings. The number of hydrogen-bond acceptors (Lipinski definition) is 6. The van der Waals surface area contributed by atoms with Crippen molar-refractivity contribution in [1.82, 2.24) is 20.2 Å². The third kappa shape index (κ3) is 4.55. The minimum absolute atomic E-state index is 0.0211. The van der Waals surface area contributed by atoms with Gasteiger partial charge in [-0.15, -0.1) is 10.2 Å². The van der Waals surface area contributed by atoms with Gasteiger partial charge in [0.25, 0.3) is 0 Å². The number of aromatic nitrogens is 3. The van der Waals surface area contributed by atoms with Gasteiger partial charge in [-0.3, -0.25) is 4.79 Å². The maximum Gasteiger partial charge on any atom is 0.233 e. The van der Waals surface area contributed by atoms with Gasteiger partial charge in [0.1, 0.15) is 5.75 Å². The maximum absolute atomic E-state index is 12.6. The van der Waals surface area contributed by atoms with Crippen LogP contribution in [0.1, 0.15) is 39.5 Å². The zero-order valence-corrected chi connectivity index (χ0v) is 16.8. The van der Waals surface area contributed by atoms with Gasteiger partial charge < -0.3 is 15.9 Å². The first-order valence-electron chi connectivity index (χ1n) is 9.31. The first kappa shape index (κ1) is 19.5. The first-order chi connectivity index (χ1) is 13.0. The number of rotatable bonds is 6. The second kappa shape index (κ2) is 8.65. The summed E-state index contributed by atoms with van der Waals surface area (Å²) in [6.45, 7) is 4.08. The second-order valence-corrected chi connectivity index (χ2v) is 8.35. The topological polar surface area (TPSA) is 95.1 Å². The molecule has 0 spiro atoms. The number of nitrogens with two attached hydrogens (primary N) is 1. The van der Waals surface area contributed by atoms with E-state index in [9.17, 15) is 4.79 Å². The zero-order chi connectivity index (χ0) is 19.4. The second-order valence-electron chi connectivity index (χ2n) is 7.04. The summed E-state index contributed by atoms with van der Waals surface area (Å²) in [6.07, 6.45) is 4.66. The molecule has 8 heteroatoms. The van der Waals surface area contributed by atoms with Gasteiger partial charge in [0.05, 0.1) is 12.4 Å². The number of carbonyl (C=O) groups is 1. The van der Waals surface area contributed by atoms with Gasteiger partial charge in [-0.2, -0.15) is 0 Å². The molecule has 1 saturated carbocycles. The number of nitrogens with one attached hydrogen (secondary N) is 1. The summed E-state index contributed by atoms with van der Waals surface area (Å²) in [5.74, 6) is 8.03. The molecule has 1 amide bonds. The quantitative estimate of drug-likeness (QED) is 0.583. The standard InChI is InChI=1S/C19H27N5O2S/c1-12-6-4-5-7-16(12)21-18(25)13(2)27-19-23-22-17(24(19)20)14-8-10-15(26-3)11-9-14/h8-13,16H,4-7,20H2,1-3H3,(H,21,25)/t12-,13-,16-/m1/s1. The number of nitrogen functional groups attached to an aromatic ring is 1. The number of amides is 1. The molecule has 7 nitrogen and oxygen atoms in total. The van der Waals surface area contributed by atoms with Crippen LogP contribution in [0.15, 0.2) is 29.4 Å². The molecular formula is C19H27N5O2S. The minimum Gasteiger partial charge on any atom is -0.497 e. The van der Waals surface area contributed by atoms with Gasteiger partial charge >= 0.3 is 0 Å². The number of hydrogen-bond donors (Lipinski definition) is 2. The number of benzene rings is 1. The van der Waals surface area contributed by atoms with Crippen LogP contribution in [0.3, 0.4) is 0 Å². The molecule has 3 atom stereocenters. The predicted octanol–water partition coefficient (Wildman–Crippen LogP) is 2.84. The molecule has 27 heavy (non-hydrogen) atoms. The van der Waals surface area contributed by atoms with E-state index in [4.69, 9.17) is 10.6 Å². The summed E-state index contributed by atoms with van der Waals surface area (Å²) in [4.78, 5) is 12.6. The van der Waals surface area contributed by atoms with Crippen LogP contribution in [0.4, 0.5) is 0 Å². The molecule has 146 valence electrons. The lowest BCUT2D eigenvalue weighted by atomic mass is 9.86. The molecule has 3 N–H and O–H groups in total. The van der Waals surface area contributed by atoms with Crippen LogP contribution in [-0.2, 0) is 4.79 Å². The van der Waals surface area contributed by atoms with Gasteiger partial charge in [0, 0.05) is 11.6 Å². The fourth-order valence-electron chi connectivity index (χ4n) is 3.34. The highest BCUT2D eigenvalue weighted by Gasteiger charge is 2.26. The molecule has 1 aliphatic rings. The molecule has 0 bridgehead atoms. The zero-order valence-electron chi connectivity index (χ0n) is 16.0. The van der Waals surface area contributed by atoms with E-state index in [-0.39, 0.29) is 17.2 Å². The normalized spacial score (nSPS) is 20.9. The molecule has 1 aromatic heterocycles. The van der Waals surface area contributed by atoms with Crippen LogP contribution in [0.25, 0.3) is 11.4 Å². The fraction of sp³-hybridized carbons (Fsp3) is 0.526. The van der Waals surface area contributed by atoms with E-state index in [0.717, 1.165) is 17.7 Å². The lowest BCUT2D eigenvalue weighted by Crippen LogP contribution is -2.44. The van der Waals surface area contributed by atoms with Crippen LogP contribution in [0.2, 0.25) is 0 Å². The van der Waals surface area contributed by atoms with E-state index in [0.29, 0.717) is 16.9 Å². The summed E-state index contributed by atoms with van der Waals surface area (Å²) in [5.41, 5.74) is 0.839. The number of methoxy groups -OCH3 is 1. The molecule has 0 radical (unpaired) electrons. The summed E-state index contributed by atoms with van der Waals surface area (Å²) in [5, 5.41) is 11.7. The van der Waals surface area contributed by atoms with Crippen LogP contribution in [-0.4, -0.2) is 39.2 Å². The summed E-state index contributed by atoms with van der Waals surface area (Å²) >= 11 is 1.32. The van der Waals surface area contributed by atoms with E-state index >= 15 is 0 Å². The van der Waals surface area contributed by atoms with Crippen molar-refractivity contribution in [2.45, 2.75) is 56.0 Å². The molecule has 1 aromatic carbocycles. The van der Waals surface area contributed by atoms with Gasteiger partial charge in [-0.1, -0.05) is 31.5 Å². The number of thioether (sulfide) groups is 1. The predicted molar refractivity (Wildman–Crippen MR) is 107 cm³/mol. The highest BCUT2D eigenvalue weighted by Crippen LogP contribution is 2.27. The Bertz CT molecular complexity index is 777. The Labute approximate surface area is 164 Å². The van der Waals surface area contributed by atoms with Crippen molar-refractivity contribution in [2.24, 2.45) is 5.92 Å². The number of nitrogens with zero attached hydrogens (tertiary/aromatic N) is 3. The Morgan fingerprint density at radius 2 is 2.00 bits per heavy atom. The highest BCUT2D eigenvalue weighted by molar-refractivity contribution is 8.00. The molecule has 2 aromatic rings. The molecule has 1 heterocycles. The fourth-order valence-corrected chi connectivity index (χ4v) is 4.12. The minimum atomic E-state index is -0.297. The van der Waals surface area contributed by atoms with Crippen molar-refractivity contribution in [3.63, 3.8) is 0 Å². The number of carbonyl (C=O) groups excluding carboxylic acids is 1. The van der Waals surface area contributed by atoms with E-state index in [1.807, 2.05) is 31.2 Å². The summed E-state index contributed by atoms with van der Waals surface area (Å²) in [6, 6.07) is 7.71. The third-order valence-electron chi connectivity index (χ3n) is 5.10. The van der Waals surface area contributed by atoms with Crippen LogP contribution < -0.4 is 15.9 Å².